The van der Waals surface area contributed by atoms with E-state index in [1.807, 2.05) is 5.92 Å². The van der Waals surface area contributed by atoms with Crippen LogP contribution in [0.25, 0.3) is 11.2 Å². The summed E-state index contributed by atoms with van der Waals surface area (Å²) in [7, 11) is -2.85. The lowest BCUT2D eigenvalue weighted by Gasteiger charge is -2.24. The average molecular weight is 573 g/mol. The fourth-order valence-electron chi connectivity index (χ4n) is 3.62. The minimum absolute atomic E-state index is 0.00766. The number of hydrogen-bond acceptors (Lipinski definition) is 13. The van der Waals surface area contributed by atoms with Crippen LogP contribution in [0.4, 0.5) is 10.3 Å². The van der Waals surface area contributed by atoms with E-state index < -0.39 is 63.4 Å². The minimum Gasteiger partial charge on any atom is -0.479 e. The van der Waals surface area contributed by atoms with Gasteiger partial charge in [0.2, 0.25) is 17.5 Å². The van der Waals surface area contributed by atoms with E-state index in [4.69, 9.17) is 35.6 Å². The number of carbonyl (C=O) groups excluding carboxylic acids is 2. The maximum Gasteiger partial charge on any atom is 0.341 e. The molecule has 1 saturated heterocycles. The maximum absolute atomic E-state index is 16.0. The Labute approximate surface area is 222 Å². The molecule has 1 aliphatic rings. The van der Waals surface area contributed by atoms with Gasteiger partial charge in [-0.1, -0.05) is 5.92 Å². The SMILES string of the molecule is C#CC1(F)C(O)C(COP(=O)(NCC(=O)OCC)NCC(=O)OCC)OC1n1cnc2c(OC)nc(N)nc21. The number of anilines is 1. The molecule has 0 amide bonds. The third-order valence-electron chi connectivity index (χ3n) is 5.41. The number of aliphatic hydroxyl groups is 1. The first-order valence-corrected chi connectivity index (χ1v) is 13.2. The van der Waals surface area contributed by atoms with Crippen molar-refractivity contribution in [3.05, 3.63) is 6.33 Å². The van der Waals surface area contributed by atoms with E-state index in [1.54, 1.807) is 13.8 Å². The van der Waals surface area contributed by atoms with Gasteiger partial charge in [0.1, 0.15) is 25.3 Å². The normalized spacial score (nSPS) is 22.9. The summed E-state index contributed by atoms with van der Waals surface area (Å²) < 4.78 is 56.2. The van der Waals surface area contributed by atoms with Gasteiger partial charge in [0.15, 0.2) is 17.4 Å². The molecule has 16 nitrogen and oxygen atoms in total. The molecule has 0 spiro atoms. The highest BCUT2D eigenvalue weighted by molar-refractivity contribution is 7.54. The Morgan fingerprint density at radius 2 is 1.90 bits per heavy atom. The molecule has 1 fully saturated rings. The van der Waals surface area contributed by atoms with Crippen molar-refractivity contribution in [1.82, 2.24) is 29.7 Å². The molecule has 4 atom stereocenters. The highest BCUT2D eigenvalue weighted by atomic mass is 31.2. The summed E-state index contributed by atoms with van der Waals surface area (Å²) in [6.07, 6.45) is 1.47. The molecule has 39 heavy (non-hydrogen) atoms. The predicted octanol–water partition coefficient (Wildman–Crippen LogP) is -0.553. The van der Waals surface area contributed by atoms with Crippen LogP contribution >= 0.6 is 7.67 Å². The molecule has 18 heteroatoms. The van der Waals surface area contributed by atoms with Crippen LogP contribution in [0.3, 0.4) is 0 Å². The molecule has 0 saturated carbocycles. The van der Waals surface area contributed by atoms with E-state index in [9.17, 15) is 19.3 Å². The number of nitrogens with one attached hydrogen (secondary N) is 2. The Morgan fingerprint density at radius 3 is 2.44 bits per heavy atom. The summed E-state index contributed by atoms with van der Waals surface area (Å²) in [6.45, 7) is 1.50. The van der Waals surface area contributed by atoms with Gasteiger partial charge in [-0.3, -0.25) is 18.7 Å². The highest BCUT2D eigenvalue weighted by Gasteiger charge is 2.58. The molecular formula is C21H29FN7O9P. The van der Waals surface area contributed by atoms with Gasteiger partial charge in [-0.25, -0.2) is 19.5 Å². The van der Waals surface area contributed by atoms with Crippen LogP contribution in [-0.2, 0) is 32.9 Å². The van der Waals surface area contributed by atoms with Gasteiger partial charge in [0.25, 0.3) is 0 Å². The lowest BCUT2D eigenvalue weighted by molar-refractivity contribution is -0.142. The van der Waals surface area contributed by atoms with Gasteiger partial charge in [-0.2, -0.15) is 9.97 Å². The zero-order valence-electron chi connectivity index (χ0n) is 21.3. The van der Waals surface area contributed by atoms with Crippen LogP contribution in [0, 0.1) is 12.3 Å². The molecular weight excluding hydrogens is 544 g/mol. The average Bonchev–Trinajstić information content (AvgIpc) is 3.43. The number of aromatic nitrogens is 4. The minimum atomic E-state index is -4.18. The molecule has 0 bridgehead atoms. The summed E-state index contributed by atoms with van der Waals surface area (Å²) in [5, 5.41) is 15.4. The van der Waals surface area contributed by atoms with Crippen molar-refractivity contribution < 1.29 is 47.1 Å². The smallest absolute Gasteiger partial charge is 0.341 e. The molecule has 214 valence electrons. The van der Waals surface area contributed by atoms with Crippen LogP contribution in [0.5, 0.6) is 5.88 Å². The largest absolute Gasteiger partial charge is 0.479 e. The van der Waals surface area contributed by atoms with Crippen LogP contribution in [0.1, 0.15) is 20.1 Å². The quantitative estimate of drug-likeness (QED) is 0.134. The summed E-state index contributed by atoms with van der Waals surface area (Å²) in [6, 6.07) is 0. The molecule has 2 aromatic heterocycles. The molecule has 5 N–H and O–H groups in total. The molecule has 0 radical (unpaired) electrons. The summed E-state index contributed by atoms with van der Waals surface area (Å²) in [5.41, 5.74) is 3.02. The number of nitrogens with two attached hydrogens (primary N) is 1. The number of esters is 2. The van der Waals surface area contributed by atoms with Crippen LogP contribution in [0.15, 0.2) is 6.33 Å². The van der Waals surface area contributed by atoms with Crippen molar-refractivity contribution in [2.45, 2.75) is 38.0 Å². The van der Waals surface area contributed by atoms with Gasteiger partial charge in [-0.05, 0) is 13.8 Å². The van der Waals surface area contributed by atoms with Gasteiger partial charge in [-0.15, -0.1) is 6.42 Å². The molecule has 3 rings (SSSR count). The third kappa shape index (κ3) is 6.61. The highest BCUT2D eigenvalue weighted by Crippen LogP contribution is 2.45. The summed E-state index contributed by atoms with van der Waals surface area (Å²) in [5.74, 6) is 0.201. The Kier molecular flexibility index (Phi) is 9.78. The fraction of sp³-hybridized carbons (Fsp3) is 0.571. The number of aliphatic hydroxyl groups excluding tert-OH is 1. The van der Waals surface area contributed by atoms with Crippen molar-refractivity contribution in [2.24, 2.45) is 0 Å². The van der Waals surface area contributed by atoms with E-state index >= 15 is 4.39 Å². The number of nitrogen functional groups attached to an aromatic ring is 1. The Morgan fingerprint density at radius 1 is 1.28 bits per heavy atom. The van der Waals surface area contributed by atoms with Crippen molar-refractivity contribution in [2.75, 3.05) is 45.8 Å². The van der Waals surface area contributed by atoms with Gasteiger partial charge < -0.3 is 34.3 Å². The molecule has 3 heterocycles. The van der Waals surface area contributed by atoms with Crippen LogP contribution in [-0.4, -0.2) is 94.5 Å². The van der Waals surface area contributed by atoms with E-state index in [2.05, 4.69) is 25.1 Å². The zero-order valence-corrected chi connectivity index (χ0v) is 22.2. The van der Waals surface area contributed by atoms with Gasteiger partial charge >= 0.3 is 19.6 Å². The summed E-state index contributed by atoms with van der Waals surface area (Å²) >= 11 is 0. The second-order valence-electron chi connectivity index (χ2n) is 7.93. The first-order valence-electron chi connectivity index (χ1n) is 11.6. The van der Waals surface area contributed by atoms with Crippen LogP contribution in [0.2, 0.25) is 0 Å². The van der Waals surface area contributed by atoms with Crippen molar-refractivity contribution in [1.29, 1.82) is 0 Å². The predicted molar refractivity (Wildman–Crippen MR) is 132 cm³/mol. The van der Waals surface area contributed by atoms with E-state index in [0.29, 0.717) is 0 Å². The molecule has 0 aliphatic carbocycles. The number of nitrogens with zero attached hydrogens (tertiary/aromatic N) is 4. The van der Waals surface area contributed by atoms with Crippen LogP contribution < -0.4 is 20.6 Å². The number of carbonyl (C=O) groups is 2. The van der Waals surface area contributed by atoms with Crippen molar-refractivity contribution >= 4 is 36.7 Å². The molecule has 0 aromatic carbocycles. The number of imidazole rings is 1. The monoisotopic (exact) mass is 573 g/mol. The topological polar surface area (TPSA) is 211 Å². The number of hydrogen-bond donors (Lipinski definition) is 4. The first-order chi connectivity index (χ1) is 18.5. The Bertz CT molecular complexity index is 1260. The molecule has 2 aromatic rings. The first kappa shape index (κ1) is 30.2. The number of fused-ring (bicyclic) bond motifs is 1. The maximum atomic E-state index is 16.0. The lowest BCUT2D eigenvalue weighted by Crippen LogP contribution is -2.42. The fourth-order valence-corrected chi connectivity index (χ4v) is 4.94. The van der Waals surface area contributed by atoms with Gasteiger partial charge in [0.05, 0.1) is 33.3 Å². The zero-order chi connectivity index (χ0) is 28.8. The lowest BCUT2D eigenvalue weighted by atomic mass is 9.97. The standard InChI is InChI=1S/C21H29FN7O9P/c1-5-21(22)16(32)12(38-19(21)29-11-24-15-17(29)27-20(23)28-18(15)34-4)10-37-39(33,25-8-13(30)35-6-2)26-9-14(31)36-7-3/h1,11-12,16,19,32H,6-10H2,2-4H3,(H2,23,27,28)(H2,25,26,33). The summed E-state index contributed by atoms with van der Waals surface area (Å²) in [4.78, 5) is 35.6. The number of ether oxygens (including phenoxy) is 4. The third-order valence-corrected chi connectivity index (χ3v) is 7.08. The number of terminal acetylenes is 1. The second kappa shape index (κ2) is 12.6. The van der Waals surface area contributed by atoms with Crippen molar-refractivity contribution in [3.63, 3.8) is 0 Å². The second-order valence-corrected chi connectivity index (χ2v) is 9.92. The Hall–Kier alpha value is -3.39. The van der Waals surface area contributed by atoms with E-state index in [0.717, 1.165) is 10.9 Å². The number of methoxy groups -OCH3 is 1. The van der Waals surface area contributed by atoms with Crippen molar-refractivity contribution in [3.8, 4) is 18.2 Å². The van der Waals surface area contributed by atoms with E-state index in [1.165, 1.54) is 7.11 Å². The van der Waals surface area contributed by atoms with Gasteiger partial charge in [0, 0.05) is 0 Å². The van der Waals surface area contributed by atoms with E-state index in [-0.39, 0.29) is 36.2 Å². The number of alkyl halides is 1. The number of halogens is 1. The number of rotatable bonds is 13. The Balaban J connectivity index is 1.83. The molecule has 1 aliphatic heterocycles. The molecule has 4 unspecified atom stereocenters.